The molecule has 0 spiro atoms. The molecule has 1 rings (SSSR count). The monoisotopic (exact) mass is 254 g/mol. The van der Waals surface area contributed by atoms with Crippen LogP contribution in [0, 0.1) is 6.92 Å². The molecule has 0 aliphatic carbocycles. The molecule has 1 aromatic rings. The normalized spacial score (nSPS) is 11.3. The fourth-order valence-corrected chi connectivity index (χ4v) is 1.91. The van der Waals surface area contributed by atoms with Crippen LogP contribution in [-0.2, 0) is 9.53 Å². The number of carbonyl (C=O) groups excluding carboxylic acids is 1. The highest BCUT2D eigenvalue weighted by Gasteiger charge is 2.15. The van der Waals surface area contributed by atoms with Crippen LogP contribution in [-0.4, -0.2) is 27.3 Å². The van der Waals surface area contributed by atoms with Gasteiger partial charge in [-0.2, -0.15) is 0 Å². The van der Waals surface area contributed by atoms with Crippen LogP contribution in [0.3, 0.4) is 0 Å². The summed E-state index contributed by atoms with van der Waals surface area (Å²) in [7, 11) is 0. The Bertz CT molecular complexity index is 388. The van der Waals surface area contributed by atoms with Crippen LogP contribution in [0.2, 0.25) is 0 Å². The molecule has 0 unspecified atom stereocenters. The van der Waals surface area contributed by atoms with Crippen molar-refractivity contribution in [1.82, 2.24) is 9.97 Å². The third-order valence-corrected chi connectivity index (χ3v) is 2.59. The third-order valence-electron chi connectivity index (χ3n) is 1.73. The Morgan fingerprint density at radius 1 is 1.47 bits per heavy atom. The van der Waals surface area contributed by atoms with Crippen molar-refractivity contribution in [3.8, 4) is 0 Å². The molecular weight excluding hydrogens is 236 g/mol. The Morgan fingerprint density at radius 2 is 2.18 bits per heavy atom. The van der Waals surface area contributed by atoms with Crippen LogP contribution in [0.5, 0.6) is 0 Å². The van der Waals surface area contributed by atoms with E-state index in [4.69, 9.17) is 4.74 Å². The third kappa shape index (κ3) is 6.26. The van der Waals surface area contributed by atoms with Crippen molar-refractivity contribution in [3.63, 3.8) is 0 Å². The maximum absolute atomic E-state index is 11.4. The minimum atomic E-state index is -0.415. The lowest BCUT2D eigenvalue weighted by molar-refractivity contribution is -0.154. The second-order valence-corrected chi connectivity index (χ2v) is 5.73. The number of rotatable bonds is 4. The van der Waals surface area contributed by atoms with E-state index >= 15 is 0 Å². The quantitative estimate of drug-likeness (QED) is 0.469. The molecule has 94 valence electrons. The predicted octanol–water partition coefficient (Wildman–Crippen LogP) is 2.61. The second kappa shape index (κ2) is 6.00. The van der Waals surface area contributed by atoms with Crippen molar-refractivity contribution in [2.24, 2.45) is 0 Å². The fourth-order valence-electron chi connectivity index (χ4n) is 1.11. The average molecular weight is 254 g/mol. The van der Waals surface area contributed by atoms with E-state index in [1.54, 1.807) is 6.20 Å². The molecule has 1 heterocycles. The summed E-state index contributed by atoms with van der Waals surface area (Å²) in [6, 6.07) is 1.85. The van der Waals surface area contributed by atoms with Gasteiger partial charge in [-0.1, -0.05) is 11.8 Å². The van der Waals surface area contributed by atoms with E-state index in [9.17, 15) is 4.79 Å². The first-order valence-electron chi connectivity index (χ1n) is 5.51. The zero-order valence-corrected chi connectivity index (χ0v) is 11.5. The van der Waals surface area contributed by atoms with Crippen molar-refractivity contribution in [1.29, 1.82) is 0 Å². The van der Waals surface area contributed by atoms with E-state index in [2.05, 4.69) is 9.97 Å². The summed E-state index contributed by atoms with van der Waals surface area (Å²) in [6.07, 6.45) is 2.09. The molecule has 0 aromatic carbocycles. The number of nitrogens with zero attached hydrogens (tertiary/aromatic N) is 2. The molecule has 0 atom stereocenters. The summed E-state index contributed by atoms with van der Waals surface area (Å²) in [5, 5.41) is 0.702. The Balaban J connectivity index is 2.31. The summed E-state index contributed by atoms with van der Waals surface area (Å²) in [4.78, 5) is 19.8. The van der Waals surface area contributed by atoms with Gasteiger partial charge in [-0.3, -0.25) is 4.79 Å². The van der Waals surface area contributed by atoms with Crippen molar-refractivity contribution in [3.05, 3.63) is 18.0 Å². The first kappa shape index (κ1) is 14.0. The van der Waals surface area contributed by atoms with Crippen LogP contribution in [0.15, 0.2) is 17.4 Å². The molecule has 0 aliphatic rings. The van der Waals surface area contributed by atoms with Gasteiger partial charge in [0, 0.05) is 17.6 Å². The molecule has 17 heavy (non-hydrogen) atoms. The number of ether oxygens (including phenoxy) is 1. The van der Waals surface area contributed by atoms with E-state index in [1.807, 2.05) is 33.8 Å². The molecule has 0 saturated heterocycles. The molecule has 0 aliphatic heterocycles. The SMILES string of the molecule is Cc1ccnc(SCCC(=O)OC(C)(C)C)n1. The largest absolute Gasteiger partial charge is 0.460 e. The Morgan fingerprint density at radius 3 is 2.76 bits per heavy atom. The first-order chi connectivity index (χ1) is 7.87. The van der Waals surface area contributed by atoms with Gasteiger partial charge < -0.3 is 4.74 Å². The molecule has 0 radical (unpaired) electrons. The number of hydrogen-bond donors (Lipinski definition) is 0. The van der Waals surface area contributed by atoms with Gasteiger partial charge in [0.25, 0.3) is 0 Å². The highest BCUT2D eigenvalue weighted by molar-refractivity contribution is 7.99. The zero-order valence-electron chi connectivity index (χ0n) is 10.7. The van der Waals surface area contributed by atoms with Crippen molar-refractivity contribution >= 4 is 17.7 Å². The van der Waals surface area contributed by atoms with E-state index < -0.39 is 5.60 Å². The standard InChI is InChI=1S/C12H18N2O2S/c1-9-5-7-13-11(14-9)17-8-6-10(15)16-12(2,3)4/h5,7H,6,8H2,1-4H3. The highest BCUT2D eigenvalue weighted by atomic mass is 32.2. The zero-order chi connectivity index (χ0) is 12.9. The van der Waals surface area contributed by atoms with Gasteiger partial charge in [0.1, 0.15) is 5.60 Å². The van der Waals surface area contributed by atoms with Crippen LogP contribution < -0.4 is 0 Å². The summed E-state index contributed by atoms with van der Waals surface area (Å²) >= 11 is 1.47. The van der Waals surface area contributed by atoms with E-state index in [0.29, 0.717) is 17.3 Å². The minimum Gasteiger partial charge on any atom is -0.460 e. The molecular formula is C12H18N2O2S. The Labute approximate surface area is 106 Å². The van der Waals surface area contributed by atoms with Crippen LogP contribution >= 0.6 is 11.8 Å². The first-order valence-corrected chi connectivity index (χ1v) is 6.50. The minimum absolute atomic E-state index is 0.183. The Kier molecular flexibility index (Phi) is 4.93. The van der Waals surface area contributed by atoms with E-state index in [0.717, 1.165) is 5.69 Å². The van der Waals surface area contributed by atoms with Gasteiger partial charge in [0.15, 0.2) is 5.16 Å². The van der Waals surface area contributed by atoms with Crippen LogP contribution in [0.4, 0.5) is 0 Å². The topological polar surface area (TPSA) is 52.1 Å². The van der Waals surface area contributed by atoms with Gasteiger partial charge in [-0.05, 0) is 33.8 Å². The number of carbonyl (C=O) groups is 1. The summed E-state index contributed by atoms with van der Waals surface area (Å²) in [5.74, 6) is 0.455. The van der Waals surface area contributed by atoms with Gasteiger partial charge in [-0.25, -0.2) is 9.97 Å². The maximum Gasteiger partial charge on any atom is 0.307 e. The molecule has 4 nitrogen and oxygen atoms in total. The van der Waals surface area contributed by atoms with Crippen molar-refractivity contribution in [2.75, 3.05) is 5.75 Å². The summed E-state index contributed by atoms with van der Waals surface area (Å²) in [6.45, 7) is 7.50. The number of aromatic nitrogens is 2. The number of aryl methyl sites for hydroxylation is 1. The molecule has 0 N–H and O–H groups in total. The fraction of sp³-hybridized carbons (Fsp3) is 0.583. The molecule has 0 bridgehead atoms. The van der Waals surface area contributed by atoms with Gasteiger partial charge >= 0.3 is 5.97 Å². The summed E-state index contributed by atoms with van der Waals surface area (Å²) < 4.78 is 5.21. The molecule has 5 heteroatoms. The van der Waals surface area contributed by atoms with E-state index in [-0.39, 0.29) is 5.97 Å². The second-order valence-electron chi connectivity index (χ2n) is 4.67. The number of hydrogen-bond acceptors (Lipinski definition) is 5. The molecule has 0 amide bonds. The van der Waals surface area contributed by atoms with Crippen molar-refractivity contribution < 1.29 is 9.53 Å². The predicted molar refractivity (Wildman–Crippen MR) is 68.0 cm³/mol. The smallest absolute Gasteiger partial charge is 0.307 e. The van der Waals surface area contributed by atoms with Gasteiger partial charge in [0.2, 0.25) is 0 Å². The van der Waals surface area contributed by atoms with Crippen LogP contribution in [0.25, 0.3) is 0 Å². The molecule has 0 saturated carbocycles. The van der Waals surface area contributed by atoms with Crippen LogP contribution in [0.1, 0.15) is 32.9 Å². The molecule has 0 fully saturated rings. The number of esters is 1. The van der Waals surface area contributed by atoms with Gasteiger partial charge in [-0.15, -0.1) is 0 Å². The number of thioether (sulfide) groups is 1. The van der Waals surface area contributed by atoms with E-state index in [1.165, 1.54) is 11.8 Å². The van der Waals surface area contributed by atoms with Crippen molar-refractivity contribution in [2.45, 2.75) is 44.9 Å². The lowest BCUT2D eigenvalue weighted by atomic mass is 10.2. The summed E-state index contributed by atoms with van der Waals surface area (Å²) in [5.41, 5.74) is 0.515. The average Bonchev–Trinajstić information content (AvgIpc) is 2.14. The lowest BCUT2D eigenvalue weighted by Crippen LogP contribution is -2.24. The molecule has 1 aromatic heterocycles. The lowest BCUT2D eigenvalue weighted by Gasteiger charge is -2.19. The Hall–Kier alpha value is -1.10. The highest BCUT2D eigenvalue weighted by Crippen LogP contribution is 2.15. The maximum atomic E-state index is 11.4. The van der Waals surface area contributed by atoms with Gasteiger partial charge in [0.05, 0.1) is 6.42 Å².